The van der Waals surface area contributed by atoms with Crippen molar-refractivity contribution in [3.63, 3.8) is 0 Å². The summed E-state index contributed by atoms with van der Waals surface area (Å²) in [6.07, 6.45) is 9.20. The molecule has 0 spiro atoms. The molecule has 2 N–H and O–H groups in total. The topological polar surface area (TPSA) is 97.7 Å². The van der Waals surface area contributed by atoms with Gasteiger partial charge in [0.2, 0.25) is 0 Å². The minimum atomic E-state index is -4.14. The van der Waals surface area contributed by atoms with Crippen molar-refractivity contribution >= 4 is 10.1 Å². The van der Waals surface area contributed by atoms with Crippen LogP contribution in [0.2, 0.25) is 0 Å². The summed E-state index contributed by atoms with van der Waals surface area (Å²) in [6, 6.07) is 0. The van der Waals surface area contributed by atoms with Crippen LogP contribution in [0.3, 0.4) is 0 Å². The second-order valence-corrected chi connectivity index (χ2v) is 14.0. The molecular weight excluding hydrogens is 447 g/mol. The maximum atomic E-state index is 11.7. The summed E-state index contributed by atoms with van der Waals surface area (Å²) in [4.78, 5) is 0. The molecule has 186 valence electrons. The van der Waals surface area contributed by atoms with Crippen LogP contribution in [0.25, 0.3) is 0 Å². The number of aliphatic hydroxyl groups excluding tert-OH is 2. The van der Waals surface area contributed by atoms with Gasteiger partial charge in [-0.2, -0.15) is 0 Å². The second-order valence-electron chi connectivity index (χ2n) is 12.5. The summed E-state index contributed by atoms with van der Waals surface area (Å²) in [5.74, 6) is 2.78. The monoisotopic (exact) mass is 492 g/mol. The predicted octanol–water partition coefficient (Wildman–Crippen LogP) is 1.58. The van der Waals surface area contributed by atoms with Gasteiger partial charge < -0.3 is 14.8 Å². The normalized spacial score (nSPS) is 48.2. The fraction of sp³-hybridized carbons (Fsp3) is 1.00. The molecule has 7 heteroatoms. The van der Waals surface area contributed by atoms with Crippen LogP contribution >= 0.6 is 0 Å². The molecule has 0 amide bonds. The first kappa shape index (κ1) is 28.4. The minimum absolute atomic E-state index is 0. The molecule has 33 heavy (non-hydrogen) atoms. The van der Waals surface area contributed by atoms with E-state index in [4.69, 9.17) is 0 Å². The summed E-state index contributed by atoms with van der Waals surface area (Å²) >= 11 is 0. The van der Waals surface area contributed by atoms with Crippen molar-refractivity contribution in [2.45, 2.75) is 104 Å². The van der Waals surface area contributed by atoms with E-state index in [1.54, 1.807) is 0 Å². The number of rotatable bonds is 6. The van der Waals surface area contributed by atoms with E-state index in [-0.39, 0.29) is 64.3 Å². The van der Waals surface area contributed by atoms with Crippen molar-refractivity contribution in [1.82, 2.24) is 0 Å². The zero-order chi connectivity index (χ0) is 23.5. The molecule has 4 saturated carbocycles. The van der Waals surface area contributed by atoms with Crippen molar-refractivity contribution in [2.75, 3.05) is 5.75 Å². The Morgan fingerprint density at radius 3 is 2.27 bits per heavy atom. The standard InChI is InChI=1S/C26H46O5S.Na/c1-5-18-22-15-17(27)10-12-26(22,4)21-11-13-25(3)19(8-9-20(25)23(21)24(18)28)16(2)7-6-14-32(29,30)31;/h16-24,27-28H,5-15H2,1-4H3,(H,29,30,31);/q;+1/p-1/t16-,17-,18-,19-,20+,21+,22+,23+,24-,25-,26-;/m1./s1. The first-order valence-electron chi connectivity index (χ1n) is 13.2. The fourth-order valence-electron chi connectivity index (χ4n) is 9.72. The Labute approximate surface area is 223 Å². The van der Waals surface area contributed by atoms with E-state index in [1.807, 2.05) is 0 Å². The molecular formula is C26H45NaO5S. The zero-order valence-electron chi connectivity index (χ0n) is 21.5. The summed E-state index contributed by atoms with van der Waals surface area (Å²) in [6.45, 7) is 9.37. The molecule has 4 rings (SSSR count). The molecule has 0 aliphatic heterocycles. The average molecular weight is 493 g/mol. The molecule has 4 fully saturated rings. The molecule has 0 aromatic rings. The van der Waals surface area contributed by atoms with Crippen LogP contribution in [-0.4, -0.2) is 41.1 Å². The van der Waals surface area contributed by atoms with Crippen LogP contribution in [0.15, 0.2) is 0 Å². The van der Waals surface area contributed by atoms with Gasteiger partial charge in [-0.15, -0.1) is 0 Å². The molecule has 4 aliphatic rings. The van der Waals surface area contributed by atoms with Gasteiger partial charge in [0.1, 0.15) is 0 Å². The Morgan fingerprint density at radius 2 is 1.64 bits per heavy atom. The van der Waals surface area contributed by atoms with Crippen LogP contribution in [0, 0.1) is 52.3 Å². The van der Waals surface area contributed by atoms with Crippen molar-refractivity contribution in [1.29, 1.82) is 0 Å². The Kier molecular flexibility index (Phi) is 8.86. The van der Waals surface area contributed by atoms with Crippen molar-refractivity contribution in [3.8, 4) is 0 Å². The van der Waals surface area contributed by atoms with Crippen LogP contribution in [0.5, 0.6) is 0 Å². The molecule has 11 atom stereocenters. The van der Waals surface area contributed by atoms with Gasteiger partial charge in [-0.25, -0.2) is 8.42 Å². The molecule has 0 bridgehead atoms. The van der Waals surface area contributed by atoms with Crippen molar-refractivity contribution in [3.05, 3.63) is 0 Å². The van der Waals surface area contributed by atoms with E-state index in [2.05, 4.69) is 27.7 Å². The quantitative estimate of drug-likeness (QED) is 0.433. The Balaban J connectivity index is 0.00000306. The van der Waals surface area contributed by atoms with Crippen LogP contribution < -0.4 is 29.6 Å². The molecule has 0 aromatic heterocycles. The third-order valence-corrected chi connectivity index (χ3v) is 12.0. The van der Waals surface area contributed by atoms with Gasteiger partial charge in [0.25, 0.3) is 0 Å². The van der Waals surface area contributed by atoms with Crippen LogP contribution in [0.4, 0.5) is 0 Å². The first-order valence-corrected chi connectivity index (χ1v) is 14.8. The van der Waals surface area contributed by atoms with Gasteiger partial charge in [-0.1, -0.05) is 34.1 Å². The van der Waals surface area contributed by atoms with E-state index in [1.165, 1.54) is 6.42 Å². The van der Waals surface area contributed by atoms with E-state index in [9.17, 15) is 23.2 Å². The Morgan fingerprint density at radius 1 is 1.00 bits per heavy atom. The number of hydrogen-bond acceptors (Lipinski definition) is 5. The summed E-state index contributed by atoms with van der Waals surface area (Å²) in [5.41, 5.74) is 0.408. The average Bonchev–Trinajstić information content (AvgIpc) is 3.06. The van der Waals surface area contributed by atoms with Gasteiger partial charge in [0.15, 0.2) is 0 Å². The number of aliphatic hydroxyl groups is 2. The first-order chi connectivity index (χ1) is 14.9. The molecule has 0 unspecified atom stereocenters. The van der Waals surface area contributed by atoms with Crippen LogP contribution in [-0.2, 0) is 10.1 Å². The van der Waals surface area contributed by atoms with Gasteiger partial charge in [-0.3, -0.25) is 0 Å². The van der Waals surface area contributed by atoms with E-state index in [0.29, 0.717) is 41.9 Å². The molecule has 0 radical (unpaired) electrons. The van der Waals surface area contributed by atoms with Crippen molar-refractivity contribution < 1.29 is 52.7 Å². The second kappa shape index (κ2) is 10.3. The SMILES string of the molecule is CC[C@H]1[C@@H](O)[C@@H]2[C@H](CC[C@]3(C)[C@@H]([C@H](C)CCCS(=O)(=O)[O-])CC[C@@H]23)[C@@]2(C)CC[C@@H](O)C[C@@H]12.[Na+]. The zero-order valence-corrected chi connectivity index (χ0v) is 24.3. The number of fused-ring (bicyclic) bond motifs is 5. The molecule has 0 saturated heterocycles. The Bertz CT molecular complexity index is 790. The molecule has 5 nitrogen and oxygen atoms in total. The van der Waals surface area contributed by atoms with Crippen molar-refractivity contribution in [2.24, 2.45) is 52.3 Å². The van der Waals surface area contributed by atoms with Gasteiger partial charge in [0, 0.05) is 5.75 Å². The third kappa shape index (κ3) is 5.02. The third-order valence-electron chi connectivity index (χ3n) is 11.2. The summed E-state index contributed by atoms with van der Waals surface area (Å²) in [5, 5.41) is 22.2. The maximum Gasteiger partial charge on any atom is 1.00 e. The van der Waals surface area contributed by atoms with E-state index < -0.39 is 10.1 Å². The van der Waals surface area contributed by atoms with E-state index >= 15 is 0 Å². The largest absolute Gasteiger partial charge is 1.00 e. The molecule has 4 aliphatic carbocycles. The van der Waals surface area contributed by atoms with Crippen LogP contribution in [0.1, 0.15) is 91.9 Å². The summed E-state index contributed by atoms with van der Waals surface area (Å²) in [7, 11) is -4.14. The minimum Gasteiger partial charge on any atom is -0.748 e. The maximum absolute atomic E-state index is 11.7. The predicted molar refractivity (Wildman–Crippen MR) is 125 cm³/mol. The van der Waals surface area contributed by atoms with Gasteiger partial charge in [0.05, 0.1) is 22.3 Å². The molecule has 0 heterocycles. The van der Waals surface area contributed by atoms with E-state index in [0.717, 1.165) is 51.4 Å². The summed E-state index contributed by atoms with van der Waals surface area (Å²) < 4.78 is 33.1. The number of hydrogen-bond donors (Lipinski definition) is 2. The molecule has 0 aromatic carbocycles. The van der Waals surface area contributed by atoms with Gasteiger partial charge in [-0.05, 0) is 110 Å². The smallest absolute Gasteiger partial charge is 0.748 e. The Hall–Kier alpha value is 0.830. The van der Waals surface area contributed by atoms with Gasteiger partial charge >= 0.3 is 29.6 Å². The fourth-order valence-corrected chi connectivity index (χ4v) is 10.2.